The molecule has 29 heavy (non-hydrogen) atoms. The summed E-state index contributed by atoms with van der Waals surface area (Å²) in [4.78, 5) is 16.9. The van der Waals surface area contributed by atoms with Gasteiger partial charge in [-0.15, -0.1) is 0 Å². The molecule has 158 valence electrons. The first kappa shape index (κ1) is 20.7. The van der Waals surface area contributed by atoms with Crippen LogP contribution in [0.3, 0.4) is 0 Å². The number of hydrogen-bond donors (Lipinski definition) is 2. The molecule has 4 rings (SSSR count). The third kappa shape index (κ3) is 5.75. The molecule has 1 aromatic carbocycles. The first-order chi connectivity index (χ1) is 14.0. The van der Waals surface area contributed by atoms with Crippen LogP contribution in [0.5, 0.6) is 0 Å². The van der Waals surface area contributed by atoms with E-state index in [-0.39, 0.29) is 28.7 Å². The molecular formula is C21H29N3O3S2. The number of thioether (sulfide) groups is 1. The molecule has 8 heteroatoms. The van der Waals surface area contributed by atoms with Gasteiger partial charge in [-0.2, -0.15) is 0 Å². The summed E-state index contributed by atoms with van der Waals surface area (Å²) in [7, 11) is -2.93. The van der Waals surface area contributed by atoms with E-state index >= 15 is 0 Å². The Bertz CT molecular complexity index is 860. The van der Waals surface area contributed by atoms with Crippen molar-refractivity contribution in [3.8, 4) is 0 Å². The number of fused-ring (bicyclic) bond motifs is 1. The van der Waals surface area contributed by atoms with Gasteiger partial charge >= 0.3 is 0 Å². The van der Waals surface area contributed by atoms with Crippen LogP contribution in [-0.4, -0.2) is 48.3 Å². The van der Waals surface area contributed by atoms with Crippen molar-refractivity contribution in [2.24, 2.45) is 4.99 Å². The van der Waals surface area contributed by atoms with Crippen molar-refractivity contribution < 1.29 is 13.2 Å². The van der Waals surface area contributed by atoms with Gasteiger partial charge in [0.05, 0.1) is 24.0 Å². The second kappa shape index (κ2) is 9.08. The summed E-state index contributed by atoms with van der Waals surface area (Å²) in [6, 6.07) is 8.03. The number of anilines is 1. The quantitative estimate of drug-likeness (QED) is 0.759. The highest BCUT2D eigenvalue weighted by molar-refractivity contribution is 8.15. The molecule has 2 heterocycles. The van der Waals surface area contributed by atoms with Crippen LogP contribution in [0.25, 0.3) is 0 Å². The smallest absolute Gasteiger partial charge is 0.224 e. The molecule has 2 unspecified atom stereocenters. The van der Waals surface area contributed by atoms with E-state index < -0.39 is 9.84 Å². The molecule has 2 aliphatic heterocycles. The Labute approximate surface area is 177 Å². The normalized spacial score (nSPS) is 26.8. The maximum absolute atomic E-state index is 12.4. The summed E-state index contributed by atoms with van der Waals surface area (Å²) < 4.78 is 23.3. The maximum atomic E-state index is 12.4. The number of nitrogens with one attached hydrogen (secondary N) is 2. The van der Waals surface area contributed by atoms with Crippen molar-refractivity contribution in [3.05, 3.63) is 29.8 Å². The van der Waals surface area contributed by atoms with Gasteiger partial charge in [0.2, 0.25) is 5.91 Å². The van der Waals surface area contributed by atoms with E-state index in [4.69, 9.17) is 0 Å². The Hall–Kier alpha value is -1.54. The summed E-state index contributed by atoms with van der Waals surface area (Å²) in [6.07, 6.45) is 8.89. The fourth-order valence-electron chi connectivity index (χ4n) is 4.31. The van der Waals surface area contributed by atoms with E-state index in [0.717, 1.165) is 29.3 Å². The lowest BCUT2D eigenvalue weighted by atomic mass is 9.96. The second-order valence-corrected chi connectivity index (χ2v) is 11.7. The van der Waals surface area contributed by atoms with Crippen molar-refractivity contribution in [1.82, 2.24) is 5.32 Å². The van der Waals surface area contributed by atoms with Gasteiger partial charge in [-0.25, -0.2) is 8.42 Å². The standard InChI is InChI=1S/C21H29N3O3S2/c25-20(22-16-6-4-2-1-3-5-7-16)12-15-8-10-17(11-9-15)23-21-24-18-13-29(26,27)14-19(18)28-21/h8-11,16,18-19H,1-7,12-14H2,(H,22,25)(H,23,24). The highest BCUT2D eigenvalue weighted by Gasteiger charge is 2.42. The van der Waals surface area contributed by atoms with Crippen LogP contribution in [0, 0.1) is 0 Å². The first-order valence-corrected chi connectivity index (χ1v) is 13.3. The Morgan fingerprint density at radius 2 is 1.72 bits per heavy atom. The second-order valence-electron chi connectivity index (χ2n) is 8.34. The van der Waals surface area contributed by atoms with Gasteiger partial charge in [-0.05, 0) is 30.5 Å². The fraction of sp³-hybridized carbons (Fsp3) is 0.619. The molecule has 2 fully saturated rings. The van der Waals surface area contributed by atoms with Crippen LogP contribution in [0.2, 0.25) is 0 Å². The zero-order chi connectivity index (χ0) is 20.3. The minimum Gasteiger partial charge on any atom is -0.353 e. The third-order valence-corrected chi connectivity index (χ3v) is 9.00. The number of nitrogens with zero attached hydrogens (tertiary/aromatic N) is 1. The largest absolute Gasteiger partial charge is 0.353 e. The Balaban J connectivity index is 1.26. The van der Waals surface area contributed by atoms with E-state index in [0.29, 0.717) is 12.5 Å². The molecule has 1 aliphatic carbocycles. The van der Waals surface area contributed by atoms with E-state index in [2.05, 4.69) is 15.6 Å². The van der Waals surface area contributed by atoms with E-state index in [1.54, 1.807) is 0 Å². The van der Waals surface area contributed by atoms with Crippen LogP contribution in [-0.2, 0) is 21.1 Å². The van der Waals surface area contributed by atoms with Gasteiger partial charge in [0.1, 0.15) is 0 Å². The molecule has 2 N–H and O–H groups in total. The number of carbonyl (C=O) groups excluding carboxylic acids is 1. The number of amides is 1. The summed E-state index contributed by atoms with van der Waals surface area (Å²) in [5.74, 6) is 0.470. The summed E-state index contributed by atoms with van der Waals surface area (Å²) in [5, 5.41) is 7.31. The third-order valence-electron chi connectivity index (χ3n) is 5.86. The van der Waals surface area contributed by atoms with Gasteiger partial charge in [-0.3, -0.25) is 9.79 Å². The molecule has 0 spiro atoms. The predicted octanol–water partition coefficient (Wildman–Crippen LogP) is 3.14. The summed E-state index contributed by atoms with van der Waals surface area (Å²) in [5.41, 5.74) is 1.89. The van der Waals surface area contributed by atoms with Crippen LogP contribution in [0.4, 0.5) is 5.69 Å². The average Bonchev–Trinajstić information content (AvgIpc) is 3.11. The SMILES string of the molecule is O=C(Cc1ccc(NC2=NC3CS(=O)(=O)CC3S2)cc1)NC1CCCCCCC1. The van der Waals surface area contributed by atoms with Crippen LogP contribution in [0.1, 0.15) is 50.5 Å². The molecule has 0 radical (unpaired) electrons. The van der Waals surface area contributed by atoms with Crippen molar-refractivity contribution in [1.29, 1.82) is 0 Å². The van der Waals surface area contributed by atoms with Crippen molar-refractivity contribution >= 4 is 38.4 Å². The summed E-state index contributed by atoms with van der Waals surface area (Å²) in [6.45, 7) is 0. The number of rotatable bonds is 4. The van der Waals surface area contributed by atoms with Crippen LogP contribution >= 0.6 is 11.8 Å². The van der Waals surface area contributed by atoms with Crippen molar-refractivity contribution in [3.63, 3.8) is 0 Å². The highest BCUT2D eigenvalue weighted by Crippen LogP contribution is 2.34. The Morgan fingerprint density at radius 1 is 1.03 bits per heavy atom. The zero-order valence-corrected chi connectivity index (χ0v) is 18.2. The van der Waals surface area contributed by atoms with Gasteiger partial charge < -0.3 is 10.6 Å². The lowest BCUT2D eigenvalue weighted by molar-refractivity contribution is -0.121. The minimum atomic E-state index is -2.93. The highest BCUT2D eigenvalue weighted by atomic mass is 32.2. The van der Waals surface area contributed by atoms with Gasteiger partial charge in [0.15, 0.2) is 15.0 Å². The molecule has 1 saturated heterocycles. The van der Waals surface area contributed by atoms with Crippen molar-refractivity contribution in [2.75, 3.05) is 16.8 Å². The number of hydrogen-bond acceptors (Lipinski definition) is 6. The van der Waals surface area contributed by atoms with Crippen LogP contribution in [0.15, 0.2) is 29.3 Å². The Kier molecular flexibility index (Phi) is 6.49. The summed E-state index contributed by atoms with van der Waals surface area (Å²) >= 11 is 1.51. The van der Waals surface area contributed by atoms with E-state index in [1.807, 2.05) is 24.3 Å². The lowest BCUT2D eigenvalue weighted by Gasteiger charge is -2.21. The molecule has 0 aromatic heterocycles. The van der Waals surface area contributed by atoms with E-state index in [9.17, 15) is 13.2 Å². The number of aliphatic imine (C=N–C) groups is 1. The fourth-order valence-corrected chi connectivity index (χ4v) is 7.99. The molecule has 3 aliphatic rings. The van der Waals surface area contributed by atoms with Gasteiger partial charge in [-0.1, -0.05) is 56.0 Å². The molecule has 1 aromatic rings. The van der Waals surface area contributed by atoms with Crippen LogP contribution < -0.4 is 10.6 Å². The van der Waals surface area contributed by atoms with Crippen molar-refractivity contribution in [2.45, 2.75) is 68.7 Å². The van der Waals surface area contributed by atoms with E-state index in [1.165, 1.54) is 43.9 Å². The molecule has 6 nitrogen and oxygen atoms in total. The number of benzene rings is 1. The molecule has 2 atom stereocenters. The van der Waals surface area contributed by atoms with Gasteiger partial charge in [0, 0.05) is 17.0 Å². The Morgan fingerprint density at radius 3 is 2.41 bits per heavy atom. The monoisotopic (exact) mass is 435 g/mol. The minimum absolute atomic E-state index is 0.0405. The maximum Gasteiger partial charge on any atom is 0.224 e. The van der Waals surface area contributed by atoms with Gasteiger partial charge in [0.25, 0.3) is 0 Å². The predicted molar refractivity (Wildman–Crippen MR) is 119 cm³/mol. The molecule has 1 amide bonds. The number of carbonyl (C=O) groups is 1. The first-order valence-electron chi connectivity index (χ1n) is 10.6. The number of amidine groups is 1. The zero-order valence-electron chi connectivity index (χ0n) is 16.6. The molecular weight excluding hydrogens is 406 g/mol. The molecule has 1 saturated carbocycles. The number of sulfone groups is 1. The molecule has 0 bridgehead atoms. The average molecular weight is 436 g/mol. The topological polar surface area (TPSA) is 87.6 Å². The lowest BCUT2D eigenvalue weighted by Crippen LogP contribution is -2.36.